The van der Waals surface area contributed by atoms with E-state index in [4.69, 9.17) is 4.74 Å². The van der Waals surface area contributed by atoms with Crippen molar-refractivity contribution in [3.05, 3.63) is 88.2 Å². The molecule has 2 aromatic carbocycles. The Morgan fingerprint density at radius 1 is 0.833 bits per heavy atom. The third-order valence-corrected chi connectivity index (χ3v) is 4.41. The summed E-state index contributed by atoms with van der Waals surface area (Å²) in [5.41, 5.74) is 5.70. The van der Waals surface area contributed by atoms with Crippen molar-refractivity contribution in [2.75, 3.05) is 7.05 Å². The molecule has 0 bridgehead atoms. The fraction of sp³-hybridized carbons (Fsp3) is 0.0476. The molecule has 8 nitrogen and oxygen atoms in total. The number of hydrogen-bond acceptors (Lipinski definition) is 5. The fourth-order valence-corrected chi connectivity index (χ4v) is 2.82. The van der Waals surface area contributed by atoms with E-state index < -0.39 is 11.8 Å². The number of nitrogens with one attached hydrogen (secondary N) is 3. The van der Waals surface area contributed by atoms with Crippen LogP contribution in [0.1, 0.15) is 31.2 Å². The Labute approximate surface area is 180 Å². The lowest BCUT2D eigenvalue weighted by molar-refractivity contribution is 0.0846. The summed E-state index contributed by atoms with van der Waals surface area (Å²) in [4.78, 5) is 39.9. The highest BCUT2D eigenvalue weighted by Gasteiger charge is 2.10. The molecule has 0 aliphatic rings. The lowest BCUT2D eigenvalue weighted by Gasteiger charge is -2.09. The normalized spacial score (nSPS) is 10.1. The van der Waals surface area contributed by atoms with Crippen molar-refractivity contribution in [1.82, 2.24) is 21.2 Å². The largest absolute Gasteiger partial charge is 0.457 e. The first-order valence-corrected chi connectivity index (χ1v) is 9.58. The van der Waals surface area contributed by atoms with Gasteiger partial charge in [0, 0.05) is 34.9 Å². The molecule has 3 N–H and O–H groups in total. The molecule has 0 saturated heterocycles. The number of nitrogens with zero attached hydrogens (tertiary/aromatic N) is 1. The Balaban J connectivity index is 1.59. The number of halogens is 1. The zero-order chi connectivity index (χ0) is 21.5. The molecule has 3 aromatic rings. The number of aromatic nitrogens is 1. The van der Waals surface area contributed by atoms with E-state index in [1.54, 1.807) is 54.6 Å². The van der Waals surface area contributed by atoms with Gasteiger partial charge in [-0.1, -0.05) is 22.0 Å². The smallest absolute Gasteiger partial charge is 0.269 e. The molecule has 0 aliphatic heterocycles. The van der Waals surface area contributed by atoms with Gasteiger partial charge in [0.2, 0.25) is 0 Å². The van der Waals surface area contributed by atoms with Crippen LogP contribution in [0.2, 0.25) is 0 Å². The van der Waals surface area contributed by atoms with Crippen molar-refractivity contribution < 1.29 is 19.1 Å². The van der Waals surface area contributed by atoms with Crippen LogP contribution < -0.4 is 20.9 Å². The monoisotopic (exact) mass is 468 g/mol. The molecule has 152 valence electrons. The second kappa shape index (κ2) is 9.66. The van der Waals surface area contributed by atoms with Gasteiger partial charge in [0.25, 0.3) is 17.7 Å². The Bertz CT molecular complexity index is 1090. The van der Waals surface area contributed by atoms with Crippen molar-refractivity contribution in [2.45, 2.75) is 0 Å². The number of hydrogen-bond donors (Lipinski definition) is 3. The highest BCUT2D eigenvalue weighted by atomic mass is 79.9. The van der Waals surface area contributed by atoms with Crippen LogP contribution in [0.15, 0.2) is 71.3 Å². The second-order valence-corrected chi connectivity index (χ2v) is 6.92. The van der Waals surface area contributed by atoms with E-state index >= 15 is 0 Å². The second-order valence-electron chi connectivity index (χ2n) is 6.00. The van der Waals surface area contributed by atoms with Gasteiger partial charge < -0.3 is 10.1 Å². The molecule has 0 fully saturated rings. The van der Waals surface area contributed by atoms with Crippen LogP contribution in [-0.4, -0.2) is 29.8 Å². The first-order chi connectivity index (χ1) is 14.5. The highest BCUT2D eigenvalue weighted by Crippen LogP contribution is 2.22. The summed E-state index contributed by atoms with van der Waals surface area (Å²) in [5.74, 6) is -0.330. The number of carbonyl (C=O) groups is 3. The molecule has 1 heterocycles. The third kappa shape index (κ3) is 5.42. The minimum absolute atomic E-state index is 0.229. The molecule has 1 aromatic heterocycles. The summed E-state index contributed by atoms with van der Waals surface area (Å²) >= 11 is 3.29. The van der Waals surface area contributed by atoms with Crippen molar-refractivity contribution in [2.24, 2.45) is 0 Å². The van der Waals surface area contributed by atoms with Gasteiger partial charge in [0.1, 0.15) is 17.2 Å². The number of pyridine rings is 1. The molecule has 3 rings (SSSR count). The third-order valence-electron chi connectivity index (χ3n) is 3.92. The van der Waals surface area contributed by atoms with Gasteiger partial charge in [-0.15, -0.1) is 0 Å². The summed E-state index contributed by atoms with van der Waals surface area (Å²) in [7, 11) is 1.52. The SMILES string of the molecule is CNC(=O)c1cc(Oc2ccc(C(=O)NNC(=O)c3cccc(Br)c3)cc2)ccn1. The molecule has 0 aliphatic carbocycles. The number of carbonyl (C=O) groups excluding carboxylic acids is 3. The molecular formula is C21H17BrN4O4. The maximum absolute atomic E-state index is 12.2. The average molecular weight is 469 g/mol. The molecule has 0 radical (unpaired) electrons. The van der Waals surface area contributed by atoms with Gasteiger partial charge in [-0.05, 0) is 48.5 Å². The fourth-order valence-electron chi connectivity index (χ4n) is 2.42. The minimum Gasteiger partial charge on any atom is -0.457 e. The van der Waals surface area contributed by atoms with Gasteiger partial charge in [-0.2, -0.15) is 0 Å². The van der Waals surface area contributed by atoms with Crippen LogP contribution in [0.3, 0.4) is 0 Å². The first kappa shape index (κ1) is 21.0. The van der Waals surface area contributed by atoms with Crippen molar-refractivity contribution in [3.8, 4) is 11.5 Å². The predicted octanol–water partition coefficient (Wildman–Crippen LogP) is 3.07. The number of rotatable bonds is 5. The van der Waals surface area contributed by atoms with Crippen LogP contribution in [0.4, 0.5) is 0 Å². The standard InChI is InChI=1S/C21H17BrN4O4/c1-23-21(29)18-12-17(9-10-24-18)30-16-7-5-13(6-8-16)19(27)25-26-20(28)14-3-2-4-15(22)11-14/h2-12H,1H3,(H,23,29)(H,25,27)(H,26,28). The molecule has 3 amide bonds. The molecule has 30 heavy (non-hydrogen) atoms. The van der Waals surface area contributed by atoms with Crippen LogP contribution in [0, 0.1) is 0 Å². The lowest BCUT2D eigenvalue weighted by atomic mass is 10.2. The van der Waals surface area contributed by atoms with E-state index in [0.717, 1.165) is 4.47 Å². The van der Waals surface area contributed by atoms with Gasteiger partial charge >= 0.3 is 0 Å². The first-order valence-electron chi connectivity index (χ1n) is 8.78. The quantitative estimate of drug-likeness (QED) is 0.498. The van der Waals surface area contributed by atoms with Crippen molar-refractivity contribution in [3.63, 3.8) is 0 Å². The average Bonchev–Trinajstić information content (AvgIpc) is 2.77. The highest BCUT2D eigenvalue weighted by molar-refractivity contribution is 9.10. The molecule has 0 spiro atoms. The van der Waals surface area contributed by atoms with Gasteiger partial charge in [-0.3, -0.25) is 30.2 Å². The summed E-state index contributed by atoms with van der Waals surface area (Å²) < 4.78 is 6.45. The Morgan fingerprint density at radius 2 is 1.53 bits per heavy atom. The maximum atomic E-state index is 12.2. The summed E-state index contributed by atoms with van der Waals surface area (Å²) in [5, 5.41) is 2.49. The Hall–Kier alpha value is -3.72. The van der Waals surface area contributed by atoms with Crippen LogP contribution >= 0.6 is 15.9 Å². The predicted molar refractivity (Wildman–Crippen MR) is 113 cm³/mol. The molecule has 0 saturated carbocycles. The zero-order valence-electron chi connectivity index (χ0n) is 15.8. The van der Waals surface area contributed by atoms with Gasteiger partial charge in [0.05, 0.1) is 0 Å². The van der Waals surface area contributed by atoms with E-state index in [9.17, 15) is 14.4 Å². The maximum Gasteiger partial charge on any atom is 0.269 e. The molecular weight excluding hydrogens is 452 g/mol. The van der Waals surface area contributed by atoms with Gasteiger partial charge in [-0.25, -0.2) is 0 Å². The van der Waals surface area contributed by atoms with Crippen molar-refractivity contribution in [1.29, 1.82) is 0 Å². The van der Waals surface area contributed by atoms with Gasteiger partial charge in [0.15, 0.2) is 0 Å². The minimum atomic E-state index is -0.476. The van der Waals surface area contributed by atoms with E-state index in [1.165, 1.54) is 19.3 Å². The molecule has 0 atom stereocenters. The van der Waals surface area contributed by atoms with E-state index in [1.807, 2.05) is 0 Å². The summed E-state index contributed by atoms with van der Waals surface area (Å²) in [6, 6.07) is 16.2. The van der Waals surface area contributed by atoms with E-state index in [0.29, 0.717) is 22.6 Å². The number of ether oxygens (including phenoxy) is 1. The summed E-state index contributed by atoms with van der Waals surface area (Å²) in [6.07, 6.45) is 1.47. The Kier molecular flexibility index (Phi) is 6.76. The van der Waals surface area contributed by atoms with Crippen LogP contribution in [0.5, 0.6) is 11.5 Å². The number of benzene rings is 2. The van der Waals surface area contributed by atoms with Crippen molar-refractivity contribution >= 4 is 33.7 Å². The topological polar surface area (TPSA) is 109 Å². The summed E-state index contributed by atoms with van der Waals surface area (Å²) in [6.45, 7) is 0. The zero-order valence-corrected chi connectivity index (χ0v) is 17.4. The van der Waals surface area contributed by atoms with E-state index in [2.05, 4.69) is 37.1 Å². The number of amides is 3. The lowest BCUT2D eigenvalue weighted by Crippen LogP contribution is -2.41. The Morgan fingerprint density at radius 3 is 2.20 bits per heavy atom. The van der Waals surface area contributed by atoms with Crippen LogP contribution in [-0.2, 0) is 0 Å². The van der Waals surface area contributed by atoms with E-state index in [-0.39, 0.29) is 11.6 Å². The molecule has 0 unspecified atom stereocenters. The number of hydrazine groups is 1. The van der Waals surface area contributed by atoms with Crippen LogP contribution in [0.25, 0.3) is 0 Å². The molecule has 9 heteroatoms.